The Bertz CT molecular complexity index is 751. The van der Waals surface area contributed by atoms with Crippen LogP contribution in [0.3, 0.4) is 0 Å². The highest BCUT2D eigenvalue weighted by molar-refractivity contribution is 5.75. The molecule has 2 aromatic rings. The Kier molecular flexibility index (Phi) is 3.44. The fraction of sp³-hybridized carbons (Fsp3) is 0.167. The van der Waals surface area contributed by atoms with Crippen LogP contribution >= 0.6 is 0 Å². The number of benzene rings is 1. The minimum absolute atomic E-state index is 0.00173. The van der Waals surface area contributed by atoms with Crippen molar-refractivity contribution in [1.82, 2.24) is 9.97 Å². The van der Waals surface area contributed by atoms with E-state index in [0.717, 1.165) is 18.2 Å². The minimum atomic E-state index is -4.93. The molecule has 0 aliphatic rings. The summed E-state index contributed by atoms with van der Waals surface area (Å²) < 4.78 is 66.8. The lowest BCUT2D eigenvalue weighted by Gasteiger charge is -2.12. The first kappa shape index (κ1) is 14.9. The van der Waals surface area contributed by atoms with Crippen LogP contribution in [0.1, 0.15) is 5.69 Å². The number of rotatable bonds is 3. The zero-order valence-corrected chi connectivity index (χ0v) is 10.2. The fourth-order valence-corrected chi connectivity index (χ4v) is 1.58. The summed E-state index contributed by atoms with van der Waals surface area (Å²) >= 11 is 0. The van der Waals surface area contributed by atoms with E-state index in [1.807, 2.05) is 0 Å². The van der Waals surface area contributed by atoms with E-state index in [2.05, 4.69) is 21.3 Å². The molecular formula is C12H7F5N2O2. The van der Waals surface area contributed by atoms with Crippen LogP contribution in [0.15, 0.2) is 35.6 Å². The van der Waals surface area contributed by atoms with Crippen molar-refractivity contribution in [1.29, 1.82) is 0 Å². The van der Waals surface area contributed by atoms with E-state index in [0.29, 0.717) is 0 Å². The number of ether oxygens (including phenoxy) is 1. The molecule has 0 fully saturated rings. The summed E-state index contributed by atoms with van der Waals surface area (Å²) in [6.07, 6.45) is -4.71. The molecule has 1 aromatic heterocycles. The second kappa shape index (κ2) is 4.83. The van der Waals surface area contributed by atoms with E-state index in [9.17, 15) is 26.7 Å². The molecule has 1 aromatic carbocycles. The van der Waals surface area contributed by atoms with Gasteiger partial charge in [0, 0.05) is 6.07 Å². The van der Waals surface area contributed by atoms with Gasteiger partial charge >= 0.3 is 12.3 Å². The third-order valence-corrected chi connectivity index (χ3v) is 2.47. The number of hydrogen-bond acceptors (Lipinski definition) is 3. The van der Waals surface area contributed by atoms with E-state index >= 15 is 0 Å². The second-order valence-corrected chi connectivity index (χ2v) is 3.97. The molecule has 4 nitrogen and oxygen atoms in total. The monoisotopic (exact) mass is 306 g/mol. The predicted molar refractivity (Wildman–Crippen MR) is 63.1 cm³/mol. The van der Waals surface area contributed by atoms with Crippen LogP contribution < -0.4 is 10.3 Å². The lowest BCUT2D eigenvalue weighted by Crippen LogP contribution is -2.25. The highest BCUT2D eigenvalue weighted by Crippen LogP contribution is 2.28. The molecule has 0 atom stereocenters. The summed E-state index contributed by atoms with van der Waals surface area (Å²) in [6.45, 7) is 2.88. The van der Waals surface area contributed by atoms with E-state index < -0.39 is 29.3 Å². The SMILES string of the molecule is C=CC(F)(F)c1nc2cc(OC(F)(F)F)ccc2[nH]c1=O. The third kappa shape index (κ3) is 3.18. The van der Waals surface area contributed by atoms with E-state index in [1.54, 1.807) is 0 Å². The lowest BCUT2D eigenvalue weighted by atomic mass is 10.2. The molecule has 112 valence electrons. The Hall–Kier alpha value is -2.45. The first-order valence-corrected chi connectivity index (χ1v) is 5.44. The lowest BCUT2D eigenvalue weighted by molar-refractivity contribution is -0.274. The van der Waals surface area contributed by atoms with Crippen LogP contribution in [0.25, 0.3) is 11.0 Å². The second-order valence-electron chi connectivity index (χ2n) is 3.97. The number of nitrogens with one attached hydrogen (secondary N) is 1. The molecule has 0 bridgehead atoms. The topological polar surface area (TPSA) is 55.0 Å². The Morgan fingerprint density at radius 1 is 1.24 bits per heavy atom. The van der Waals surface area contributed by atoms with Gasteiger partial charge in [0.2, 0.25) is 0 Å². The number of allylic oxidation sites excluding steroid dienone is 1. The van der Waals surface area contributed by atoms with E-state index in [-0.39, 0.29) is 17.1 Å². The van der Waals surface area contributed by atoms with Crippen molar-refractivity contribution in [2.24, 2.45) is 0 Å². The summed E-state index contributed by atoms with van der Waals surface area (Å²) in [5, 5.41) is 0. The first-order chi connectivity index (χ1) is 9.62. The molecule has 2 rings (SSSR count). The number of halogens is 5. The smallest absolute Gasteiger partial charge is 0.406 e. The highest BCUT2D eigenvalue weighted by Gasteiger charge is 2.33. The van der Waals surface area contributed by atoms with Crippen LogP contribution in [-0.4, -0.2) is 16.3 Å². The molecule has 0 spiro atoms. The van der Waals surface area contributed by atoms with Gasteiger partial charge in [-0.1, -0.05) is 6.58 Å². The van der Waals surface area contributed by atoms with Crippen molar-refractivity contribution in [3.8, 4) is 5.75 Å². The fourth-order valence-electron chi connectivity index (χ4n) is 1.58. The van der Waals surface area contributed by atoms with Crippen LogP contribution in [0.5, 0.6) is 5.75 Å². The maximum absolute atomic E-state index is 13.4. The number of alkyl halides is 5. The Morgan fingerprint density at radius 3 is 2.48 bits per heavy atom. The number of fused-ring (bicyclic) bond motifs is 1. The molecule has 0 amide bonds. The van der Waals surface area contributed by atoms with Gasteiger partial charge in [0.15, 0.2) is 5.69 Å². The third-order valence-electron chi connectivity index (χ3n) is 2.47. The quantitative estimate of drug-likeness (QED) is 0.700. The highest BCUT2D eigenvalue weighted by atomic mass is 19.4. The van der Waals surface area contributed by atoms with Crippen molar-refractivity contribution < 1.29 is 26.7 Å². The molecule has 0 saturated heterocycles. The molecule has 0 saturated carbocycles. The van der Waals surface area contributed by atoms with Gasteiger partial charge in [-0.2, -0.15) is 8.78 Å². The number of nitrogens with zero attached hydrogens (tertiary/aromatic N) is 1. The maximum atomic E-state index is 13.4. The number of aromatic nitrogens is 2. The molecule has 1 N–H and O–H groups in total. The first-order valence-electron chi connectivity index (χ1n) is 5.44. The Balaban J connectivity index is 2.59. The maximum Gasteiger partial charge on any atom is 0.573 e. The zero-order chi connectivity index (χ0) is 15.8. The summed E-state index contributed by atoms with van der Waals surface area (Å²) in [5.74, 6) is -4.34. The molecular weight excluding hydrogens is 299 g/mol. The summed E-state index contributed by atoms with van der Waals surface area (Å²) in [7, 11) is 0. The molecule has 0 aliphatic carbocycles. The molecule has 0 aliphatic heterocycles. The summed E-state index contributed by atoms with van der Waals surface area (Å²) in [6, 6.07) is 2.79. The van der Waals surface area contributed by atoms with Crippen molar-refractivity contribution >= 4 is 11.0 Å². The molecule has 0 unspecified atom stereocenters. The van der Waals surface area contributed by atoms with Crippen molar-refractivity contribution in [2.45, 2.75) is 12.3 Å². The van der Waals surface area contributed by atoms with Crippen LogP contribution in [0.4, 0.5) is 22.0 Å². The van der Waals surface area contributed by atoms with Gasteiger partial charge in [0.1, 0.15) is 5.75 Å². The minimum Gasteiger partial charge on any atom is -0.406 e. The van der Waals surface area contributed by atoms with Crippen molar-refractivity contribution in [3.63, 3.8) is 0 Å². The summed E-state index contributed by atoms with van der Waals surface area (Å²) in [4.78, 5) is 17.0. The molecule has 21 heavy (non-hydrogen) atoms. The van der Waals surface area contributed by atoms with Crippen molar-refractivity contribution in [2.75, 3.05) is 0 Å². The van der Waals surface area contributed by atoms with Crippen LogP contribution in [0, 0.1) is 0 Å². The Morgan fingerprint density at radius 2 is 1.90 bits per heavy atom. The number of hydrogen-bond donors (Lipinski definition) is 1. The van der Waals surface area contributed by atoms with Gasteiger partial charge < -0.3 is 9.72 Å². The predicted octanol–water partition coefficient (Wildman–Crippen LogP) is 3.10. The number of H-pyrrole nitrogens is 1. The largest absolute Gasteiger partial charge is 0.573 e. The van der Waals surface area contributed by atoms with Gasteiger partial charge in [-0.25, -0.2) is 4.98 Å². The Labute approximate surface area is 113 Å². The average Bonchev–Trinajstić information content (AvgIpc) is 2.36. The standard InChI is InChI=1S/C12H7F5N2O2/c1-2-11(13,14)9-10(20)19-7-4-3-6(5-8(7)18-9)21-12(15,16)17/h2-5H,1H2,(H,19,20). The van der Waals surface area contributed by atoms with E-state index in [1.165, 1.54) is 0 Å². The van der Waals surface area contributed by atoms with Gasteiger partial charge in [0.05, 0.1) is 11.0 Å². The van der Waals surface area contributed by atoms with Gasteiger partial charge in [-0.3, -0.25) is 4.79 Å². The van der Waals surface area contributed by atoms with Gasteiger partial charge in [-0.15, -0.1) is 13.2 Å². The van der Waals surface area contributed by atoms with E-state index in [4.69, 9.17) is 0 Å². The molecule has 0 radical (unpaired) electrons. The van der Waals surface area contributed by atoms with Crippen LogP contribution in [-0.2, 0) is 5.92 Å². The molecule has 1 heterocycles. The average molecular weight is 306 g/mol. The van der Waals surface area contributed by atoms with Crippen molar-refractivity contribution in [3.05, 3.63) is 46.9 Å². The van der Waals surface area contributed by atoms with Gasteiger partial charge in [0.25, 0.3) is 5.56 Å². The zero-order valence-electron chi connectivity index (χ0n) is 10.2. The normalized spacial score (nSPS) is 12.4. The number of aromatic amines is 1. The van der Waals surface area contributed by atoms with Crippen LogP contribution in [0.2, 0.25) is 0 Å². The molecule has 9 heteroatoms. The summed E-state index contributed by atoms with van der Waals surface area (Å²) in [5.41, 5.74) is -2.59. The van der Waals surface area contributed by atoms with Gasteiger partial charge in [-0.05, 0) is 18.2 Å².